The smallest absolute Gasteiger partial charge is 0.310 e. The predicted molar refractivity (Wildman–Crippen MR) is 76.2 cm³/mol. The number of hydrogen-bond acceptors (Lipinski definition) is 7. The van der Waals surface area contributed by atoms with E-state index in [1.165, 1.54) is 17.4 Å². The largest absolute Gasteiger partial charge is 0.479 e. The van der Waals surface area contributed by atoms with Gasteiger partial charge in [-0.25, -0.2) is 0 Å². The van der Waals surface area contributed by atoms with Crippen LogP contribution < -0.4 is 10.1 Å². The zero-order valence-corrected chi connectivity index (χ0v) is 11.9. The first-order chi connectivity index (χ1) is 9.60. The lowest BCUT2D eigenvalue weighted by molar-refractivity contribution is -0.386. The highest BCUT2D eigenvalue weighted by molar-refractivity contribution is 7.15. The molecule has 0 aliphatic carbocycles. The van der Waals surface area contributed by atoms with Gasteiger partial charge in [0.1, 0.15) is 6.61 Å². The van der Waals surface area contributed by atoms with Gasteiger partial charge in [-0.05, 0) is 25.5 Å². The van der Waals surface area contributed by atoms with E-state index >= 15 is 0 Å². The van der Waals surface area contributed by atoms with Gasteiger partial charge in [0, 0.05) is 12.6 Å². The van der Waals surface area contributed by atoms with E-state index in [1.807, 2.05) is 13.8 Å². The molecule has 1 heterocycles. The second-order valence-corrected chi connectivity index (χ2v) is 5.11. The molecule has 0 saturated heterocycles. The molecule has 0 atom stereocenters. The van der Waals surface area contributed by atoms with Crippen molar-refractivity contribution in [2.24, 2.45) is 0 Å². The van der Waals surface area contributed by atoms with Gasteiger partial charge in [-0.1, -0.05) is 17.4 Å². The molecule has 0 bridgehead atoms. The molecule has 106 valence electrons. The monoisotopic (exact) mass is 294 g/mol. The van der Waals surface area contributed by atoms with Gasteiger partial charge in [0.05, 0.1) is 4.92 Å². The molecule has 0 fully saturated rings. The average Bonchev–Trinajstić information content (AvgIpc) is 2.84. The molecule has 7 nitrogen and oxygen atoms in total. The number of ether oxygens (including phenoxy) is 1. The van der Waals surface area contributed by atoms with Crippen LogP contribution in [0.2, 0.25) is 0 Å². The Bertz CT molecular complexity index is 614. The van der Waals surface area contributed by atoms with Crippen LogP contribution in [0.5, 0.6) is 5.75 Å². The maximum Gasteiger partial charge on any atom is 0.310 e. The first kappa shape index (κ1) is 14.2. The standard InChI is InChI=1S/C12H14N4O3S/c1-3-13-12-15-14-11(20-12)7-19-10-6-8(2)4-5-9(10)16(17)18/h4-6H,3,7H2,1-2H3,(H,13,15). The molecule has 2 aromatic rings. The van der Waals surface area contributed by atoms with Crippen LogP contribution in [-0.2, 0) is 6.61 Å². The van der Waals surface area contributed by atoms with Gasteiger partial charge in [0.25, 0.3) is 0 Å². The van der Waals surface area contributed by atoms with Gasteiger partial charge in [0.15, 0.2) is 10.8 Å². The van der Waals surface area contributed by atoms with Crippen LogP contribution in [0, 0.1) is 17.0 Å². The summed E-state index contributed by atoms with van der Waals surface area (Å²) in [5.74, 6) is 0.246. The summed E-state index contributed by atoms with van der Waals surface area (Å²) in [6.07, 6.45) is 0. The second-order valence-electron chi connectivity index (χ2n) is 4.05. The van der Waals surface area contributed by atoms with Gasteiger partial charge in [0.2, 0.25) is 5.13 Å². The lowest BCUT2D eigenvalue weighted by Gasteiger charge is -2.05. The number of hydrogen-bond donors (Lipinski definition) is 1. The molecule has 8 heteroatoms. The fourth-order valence-electron chi connectivity index (χ4n) is 1.56. The van der Waals surface area contributed by atoms with Crippen molar-refractivity contribution >= 4 is 22.2 Å². The van der Waals surface area contributed by atoms with Gasteiger partial charge in [-0.2, -0.15) is 0 Å². The summed E-state index contributed by atoms with van der Waals surface area (Å²) in [4.78, 5) is 10.5. The summed E-state index contributed by atoms with van der Waals surface area (Å²) in [5, 5.41) is 23.2. The van der Waals surface area contributed by atoms with Crippen LogP contribution >= 0.6 is 11.3 Å². The fraction of sp³-hybridized carbons (Fsp3) is 0.333. The van der Waals surface area contributed by atoms with E-state index in [2.05, 4.69) is 15.5 Å². The maximum atomic E-state index is 10.9. The molecular formula is C12H14N4O3S. The Kier molecular flexibility index (Phi) is 4.46. The summed E-state index contributed by atoms with van der Waals surface area (Å²) < 4.78 is 5.50. The van der Waals surface area contributed by atoms with Crippen LogP contribution in [0.15, 0.2) is 18.2 Å². The van der Waals surface area contributed by atoms with E-state index in [0.717, 1.165) is 12.1 Å². The van der Waals surface area contributed by atoms with Crippen LogP contribution in [0.4, 0.5) is 10.8 Å². The summed E-state index contributed by atoms with van der Waals surface area (Å²) in [5.41, 5.74) is 0.850. The van der Waals surface area contributed by atoms with E-state index in [9.17, 15) is 10.1 Å². The van der Waals surface area contributed by atoms with Crippen molar-refractivity contribution in [3.63, 3.8) is 0 Å². The maximum absolute atomic E-state index is 10.9. The summed E-state index contributed by atoms with van der Waals surface area (Å²) in [7, 11) is 0. The molecule has 1 N–H and O–H groups in total. The molecule has 0 aliphatic heterocycles. The van der Waals surface area contributed by atoms with Crippen molar-refractivity contribution < 1.29 is 9.66 Å². The molecule has 0 saturated carbocycles. The summed E-state index contributed by atoms with van der Waals surface area (Å²) in [6.45, 7) is 4.74. The highest BCUT2D eigenvalue weighted by Crippen LogP contribution is 2.29. The van der Waals surface area contributed by atoms with E-state index in [4.69, 9.17) is 4.74 Å². The van der Waals surface area contributed by atoms with Crippen LogP contribution in [0.25, 0.3) is 0 Å². The fourth-order valence-corrected chi connectivity index (χ4v) is 2.28. The molecule has 0 radical (unpaired) electrons. The Labute approximate surface area is 119 Å². The quantitative estimate of drug-likeness (QED) is 0.650. The van der Waals surface area contributed by atoms with Crippen molar-refractivity contribution in [2.45, 2.75) is 20.5 Å². The molecule has 20 heavy (non-hydrogen) atoms. The topological polar surface area (TPSA) is 90.2 Å². The van der Waals surface area contributed by atoms with Crippen LogP contribution in [0.1, 0.15) is 17.5 Å². The molecule has 0 spiro atoms. The number of rotatable bonds is 6. The first-order valence-corrected chi connectivity index (χ1v) is 6.86. The average molecular weight is 294 g/mol. The van der Waals surface area contributed by atoms with Crippen molar-refractivity contribution in [3.8, 4) is 5.75 Å². The summed E-state index contributed by atoms with van der Waals surface area (Å²) in [6, 6.07) is 4.76. The molecule has 1 aromatic carbocycles. The lowest BCUT2D eigenvalue weighted by Crippen LogP contribution is -1.99. The van der Waals surface area contributed by atoms with Crippen LogP contribution in [0.3, 0.4) is 0 Å². The van der Waals surface area contributed by atoms with Gasteiger partial charge < -0.3 is 10.1 Å². The Morgan fingerprint density at radius 2 is 2.25 bits per heavy atom. The number of aromatic nitrogens is 2. The van der Waals surface area contributed by atoms with Crippen molar-refractivity contribution in [1.82, 2.24) is 10.2 Å². The normalized spacial score (nSPS) is 10.3. The third-order valence-electron chi connectivity index (χ3n) is 2.46. The number of nitrogens with one attached hydrogen (secondary N) is 1. The predicted octanol–water partition coefficient (Wildman–Crippen LogP) is 2.77. The number of aryl methyl sites for hydroxylation is 1. The molecule has 1 aromatic heterocycles. The minimum absolute atomic E-state index is 0.0491. The number of nitrogens with zero attached hydrogens (tertiary/aromatic N) is 3. The number of benzene rings is 1. The number of nitro benzene ring substituents is 1. The molecule has 0 aliphatic rings. The summed E-state index contributed by atoms with van der Waals surface area (Å²) >= 11 is 1.37. The van der Waals surface area contributed by atoms with E-state index in [-0.39, 0.29) is 18.0 Å². The Morgan fingerprint density at radius 1 is 1.45 bits per heavy atom. The number of nitro groups is 1. The van der Waals surface area contributed by atoms with Crippen LogP contribution in [-0.4, -0.2) is 21.7 Å². The SMILES string of the molecule is CCNc1nnc(COc2cc(C)ccc2[N+](=O)[O-])s1. The van der Waals surface area contributed by atoms with E-state index in [1.54, 1.807) is 12.1 Å². The minimum atomic E-state index is -0.459. The molecule has 0 amide bonds. The van der Waals surface area contributed by atoms with E-state index in [0.29, 0.717) is 10.1 Å². The van der Waals surface area contributed by atoms with Crippen molar-refractivity contribution in [1.29, 1.82) is 0 Å². The zero-order chi connectivity index (χ0) is 14.5. The lowest BCUT2D eigenvalue weighted by atomic mass is 10.2. The highest BCUT2D eigenvalue weighted by atomic mass is 32.1. The molecular weight excluding hydrogens is 280 g/mol. The first-order valence-electron chi connectivity index (χ1n) is 6.04. The Morgan fingerprint density at radius 3 is 2.95 bits per heavy atom. The van der Waals surface area contributed by atoms with Crippen molar-refractivity contribution in [2.75, 3.05) is 11.9 Å². The molecule has 2 rings (SSSR count). The van der Waals surface area contributed by atoms with Gasteiger partial charge in [-0.15, -0.1) is 10.2 Å². The minimum Gasteiger partial charge on any atom is -0.479 e. The Balaban J connectivity index is 2.09. The van der Waals surface area contributed by atoms with Crippen molar-refractivity contribution in [3.05, 3.63) is 38.9 Å². The third-order valence-corrected chi connectivity index (χ3v) is 3.31. The highest BCUT2D eigenvalue weighted by Gasteiger charge is 2.15. The third kappa shape index (κ3) is 3.41. The van der Waals surface area contributed by atoms with Gasteiger partial charge >= 0.3 is 5.69 Å². The number of anilines is 1. The Hall–Kier alpha value is -2.22. The van der Waals surface area contributed by atoms with E-state index < -0.39 is 4.92 Å². The second kappa shape index (κ2) is 6.29. The molecule has 0 unspecified atom stereocenters. The zero-order valence-electron chi connectivity index (χ0n) is 11.1. The van der Waals surface area contributed by atoms with Gasteiger partial charge in [-0.3, -0.25) is 10.1 Å².